The van der Waals surface area contributed by atoms with Crippen molar-refractivity contribution in [2.75, 3.05) is 6.54 Å². The fraction of sp³-hybridized carbons (Fsp3) is 0.467. The zero-order valence-corrected chi connectivity index (χ0v) is 12.0. The summed E-state index contributed by atoms with van der Waals surface area (Å²) in [5.74, 6) is 0.903. The maximum Gasteiger partial charge on any atom is 0.153 e. The molecule has 0 aliphatic carbocycles. The van der Waals surface area contributed by atoms with Crippen molar-refractivity contribution in [2.24, 2.45) is 0 Å². The van der Waals surface area contributed by atoms with Crippen LogP contribution >= 0.6 is 0 Å². The number of aryl methyl sites for hydroxylation is 2. The normalized spacial score (nSPS) is 10.9. The third-order valence-electron chi connectivity index (χ3n) is 3.00. The van der Waals surface area contributed by atoms with Crippen LogP contribution in [0.3, 0.4) is 0 Å². The zero-order valence-electron chi connectivity index (χ0n) is 12.0. The number of hydrogen-bond acceptors (Lipinski definition) is 3. The minimum Gasteiger partial charge on any atom is -0.313 e. The van der Waals surface area contributed by atoms with E-state index in [1.807, 2.05) is 23.9 Å². The molecule has 2 aromatic rings. The van der Waals surface area contributed by atoms with Crippen molar-refractivity contribution in [1.82, 2.24) is 20.1 Å². The number of pyridine rings is 1. The van der Waals surface area contributed by atoms with E-state index in [2.05, 4.69) is 41.4 Å². The monoisotopic (exact) mass is 258 g/mol. The Labute approximate surface area is 114 Å². The van der Waals surface area contributed by atoms with Crippen LogP contribution in [0, 0.1) is 6.92 Å². The third-order valence-corrected chi connectivity index (χ3v) is 3.00. The SMILES string of the molecule is CCCNCc1cc(CC)nc(-n2ccc(C)n2)c1. The lowest BCUT2D eigenvalue weighted by Gasteiger charge is -2.09. The van der Waals surface area contributed by atoms with Gasteiger partial charge in [-0.15, -0.1) is 0 Å². The predicted molar refractivity (Wildman–Crippen MR) is 77.5 cm³/mol. The van der Waals surface area contributed by atoms with Gasteiger partial charge in [-0.05, 0) is 50.1 Å². The van der Waals surface area contributed by atoms with Gasteiger partial charge in [-0.2, -0.15) is 5.10 Å². The molecule has 0 atom stereocenters. The van der Waals surface area contributed by atoms with Gasteiger partial charge < -0.3 is 5.32 Å². The van der Waals surface area contributed by atoms with Gasteiger partial charge in [0.15, 0.2) is 5.82 Å². The number of hydrogen-bond donors (Lipinski definition) is 1. The second-order valence-corrected chi connectivity index (χ2v) is 4.76. The lowest BCUT2D eigenvalue weighted by molar-refractivity contribution is 0.672. The first-order valence-electron chi connectivity index (χ1n) is 6.96. The van der Waals surface area contributed by atoms with Gasteiger partial charge in [0.2, 0.25) is 0 Å². The van der Waals surface area contributed by atoms with Crippen molar-refractivity contribution in [3.05, 3.63) is 41.3 Å². The molecule has 0 aliphatic rings. The topological polar surface area (TPSA) is 42.7 Å². The Bertz CT molecular complexity index is 531. The average Bonchev–Trinajstić information content (AvgIpc) is 2.85. The van der Waals surface area contributed by atoms with Crippen molar-refractivity contribution in [1.29, 1.82) is 0 Å². The molecule has 0 aliphatic heterocycles. The molecule has 4 heteroatoms. The van der Waals surface area contributed by atoms with Gasteiger partial charge in [0.05, 0.1) is 5.69 Å². The minimum absolute atomic E-state index is 0.886. The van der Waals surface area contributed by atoms with Crippen LogP contribution in [0.2, 0.25) is 0 Å². The predicted octanol–water partition coefficient (Wildman–Crippen LogP) is 2.64. The highest BCUT2D eigenvalue weighted by Gasteiger charge is 2.05. The smallest absolute Gasteiger partial charge is 0.153 e. The lowest BCUT2D eigenvalue weighted by atomic mass is 10.2. The number of aromatic nitrogens is 3. The molecule has 0 saturated carbocycles. The second-order valence-electron chi connectivity index (χ2n) is 4.76. The van der Waals surface area contributed by atoms with E-state index in [1.54, 1.807) is 0 Å². The Hall–Kier alpha value is -1.68. The van der Waals surface area contributed by atoms with Gasteiger partial charge in [0.25, 0.3) is 0 Å². The van der Waals surface area contributed by atoms with Crippen molar-refractivity contribution < 1.29 is 0 Å². The van der Waals surface area contributed by atoms with Gasteiger partial charge in [-0.1, -0.05) is 13.8 Å². The summed E-state index contributed by atoms with van der Waals surface area (Å²) in [7, 11) is 0. The Morgan fingerprint density at radius 3 is 2.74 bits per heavy atom. The van der Waals surface area contributed by atoms with Crippen molar-refractivity contribution >= 4 is 0 Å². The first-order chi connectivity index (χ1) is 9.22. The van der Waals surface area contributed by atoms with E-state index in [1.165, 1.54) is 5.56 Å². The van der Waals surface area contributed by atoms with Gasteiger partial charge in [0, 0.05) is 18.4 Å². The van der Waals surface area contributed by atoms with E-state index in [0.29, 0.717) is 0 Å². The summed E-state index contributed by atoms with van der Waals surface area (Å²) in [5.41, 5.74) is 3.39. The third kappa shape index (κ3) is 3.64. The number of rotatable bonds is 6. The quantitative estimate of drug-likeness (QED) is 0.810. The summed E-state index contributed by atoms with van der Waals surface area (Å²) in [6.07, 6.45) is 4.05. The largest absolute Gasteiger partial charge is 0.313 e. The van der Waals surface area contributed by atoms with Crippen LogP contribution in [-0.2, 0) is 13.0 Å². The van der Waals surface area contributed by atoms with Gasteiger partial charge >= 0.3 is 0 Å². The average molecular weight is 258 g/mol. The standard InChI is InChI=1S/C15H22N4/c1-4-7-16-11-13-9-14(5-2)17-15(10-13)19-8-6-12(3)18-19/h6,8-10,16H,4-5,7,11H2,1-3H3. The summed E-state index contributed by atoms with van der Waals surface area (Å²) in [6.45, 7) is 8.22. The highest BCUT2D eigenvalue weighted by molar-refractivity contribution is 5.31. The molecule has 0 unspecified atom stereocenters. The Morgan fingerprint density at radius 1 is 1.26 bits per heavy atom. The van der Waals surface area contributed by atoms with E-state index >= 15 is 0 Å². The maximum atomic E-state index is 4.64. The van der Waals surface area contributed by atoms with Crippen LogP contribution in [-0.4, -0.2) is 21.3 Å². The molecule has 0 radical (unpaired) electrons. The molecule has 1 N–H and O–H groups in total. The molecule has 0 amide bonds. The lowest BCUT2D eigenvalue weighted by Crippen LogP contribution is -2.15. The van der Waals surface area contributed by atoms with E-state index < -0.39 is 0 Å². The Morgan fingerprint density at radius 2 is 2.11 bits per heavy atom. The fourth-order valence-electron chi connectivity index (χ4n) is 1.99. The van der Waals surface area contributed by atoms with E-state index in [0.717, 1.165) is 43.1 Å². The summed E-state index contributed by atoms with van der Waals surface area (Å²) in [6, 6.07) is 6.27. The molecule has 2 aromatic heterocycles. The molecule has 102 valence electrons. The number of nitrogens with one attached hydrogen (secondary N) is 1. The van der Waals surface area contributed by atoms with E-state index in [4.69, 9.17) is 0 Å². The van der Waals surface area contributed by atoms with Crippen LogP contribution in [0.1, 0.15) is 37.2 Å². The molecule has 2 rings (SSSR count). The van der Waals surface area contributed by atoms with Crippen molar-refractivity contribution in [2.45, 2.75) is 40.2 Å². The molecule has 0 aromatic carbocycles. The van der Waals surface area contributed by atoms with Gasteiger partial charge in [0.1, 0.15) is 0 Å². The van der Waals surface area contributed by atoms with Crippen LogP contribution in [0.15, 0.2) is 24.4 Å². The molecular formula is C15H22N4. The zero-order chi connectivity index (χ0) is 13.7. The highest BCUT2D eigenvalue weighted by atomic mass is 15.3. The second kappa shape index (κ2) is 6.48. The van der Waals surface area contributed by atoms with Crippen LogP contribution in [0.25, 0.3) is 5.82 Å². The summed E-state index contributed by atoms with van der Waals surface area (Å²) >= 11 is 0. The number of nitrogens with zero attached hydrogens (tertiary/aromatic N) is 3. The molecule has 0 saturated heterocycles. The molecule has 2 heterocycles. The van der Waals surface area contributed by atoms with Crippen LogP contribution < -0.4 is 5.32 Å². The first-order valence-corrected chi connectivity index (χ1v) is 6.96. The first kappa shape index (κ1) is 13.7. The molecule has 19 heavy (non-hydrogen) atoms. The summed E-state index contributed by atoms with van der Waals surface area (Å²) in [4.78, 5) is 4.64. The fourth-order valence-corrected chi connectivity index (χ4v) is 1.99. The van der Waals surface area contributed by atoms with Gasteiger partial charge in [-0.25, -0.2) is 9.67 Å². The molecular weight excluding hydrogens is 236 g/mol. The molecule has 0 fully saturated rings. The van der Waals surface area contributed by atoms with Crippen molar-refractivity contribution in [3.8, 4) is 5.82 Å². The van der Waals surface area contributed by atoms with E-state index in [9.17, 15) is 0 Å². The Balaban J connectivity index is 2.25. The van der Waals surface area contributed by atoms with Gasteiger partial charge in [-0.3, -0.25) is 0 Å². The van der Waals surface area contributed by atoms with Crippen LogP contribution in [0.4, 0.5) is 0 Å². The minimum atomic E-state index is 0.886. The molecule has 0 spiro atoms. The summed E-state index contributed by atoms with van der Waals surface area (Å²) < 4.78 is 1.85. The summed E-state index contributed by atoms with van der Waals surface area (Å²) in [5, 5.41) is 7.86. The maximum absolute atomic E-state index is 4.64. The van der Waals surface area contributed by atoms with Crippen molar-refractivity contribution in [3.63, 3.8) is 0 Å². The Kier molecular flexibility index (Phi) is 4.68. The molecule has 4 nitrogen and oxygen atoms in total. The molecule has 0 bridgehead atoms. The van der Waals surface area contributed by atoms with E-state index in [-0.39, 0.29) is 0 Å². The van der Waals surface area contributed by atoms with Crippen LogP contribution in [0.5, 0.6) is 0 Å². The highest BCUT2D eigenvalue weighted by Crippen LogP contribution is 2.11.